The lowest BCUT2D eigenvalue weighted by Gasteiger charge is -1.86. The molecule has 4 rings (SSSR count). The van der Waals surface area contributed by atoms with Crippen LogP contribution in [-0.2, 0) is 0 Å². The van der Waals surface area contributed by atoms with Crippen LogP contribution in [0.1, 0.15) is 19.3 Å². The molecule has 136 valence electrons. The minimum absolute atomic E-state index is 0.0721. The molecule has 26 heavy (non-hydrogen) atoms. The van der Waals surface area contributed by atoms with Crippen LogP contribution in [0.4, 0.5) is 8.78 Å². The number of aromatic carboxylic acids is 2. The number of thiophene rings is 4. The van der Waals surface area contributed by atoms with Gasteiger partial charge >= 0.3 is 11.9 Å². The van der Waals surface area contributed by atoms with Crippen LogP contribution >= 0.6 is 72.9 Å². The Bertz CT molecular complexity index is 1070. The second-order valence-corrected chi connectivity index (χ2v) is 9.87. The average Bonchev–Trinajstić information content (AvgIpc) is 3.24. The van der Waals surface area contributed by atoms with Crippen molar-refractivity contribution in [1.29, 1.82) is 0 Å². The quantitative estimate of drug-likeness (QED) is 0.300. The van der Waals surface area contributed by atoms with E-state index in [1.807, 2.05) is 0 Å². The summed E-state index contributed by atoms with van der Waals surface area (Å²) in [7, 11) is 0. The standard InChI is InChI=1S/C7H2BrFO2S2.C7H2ClFO2S2/c2*8-4-5-2(1-3(9)13-5)12-6(4)7(10)11/h2*1H,(H,10,11). The summed E-state index contributed by atoms with van der Waals surface area (Å²) in [6.07, 6.45) is 0. The van der Waals surface area contributed by atoms with Crippen LogP contribution in [-0.4, -0.2) is 22.2 Å². The van der Waals surface area contributed by atoms with E-state index in [-0.39, 0.29) is 25.0 Å². The van der Waals surface area contributed by atoms with Gasteiger partial charge in [-0.1, -0.05) is 11.6 Å². The number of fused-ring (bicyclic) bond motifs is 2. The van der Waals surface area contributed by atoms with Crippen LogP contribution in [0.25, 0.3) is 18.8 Å². The summed E-state index contributed by atoms with van der Waals surface area (Å²) < 4.78 is 28.3. The van der Waals surface area contributed by atoms with Crippen molar-refractivity contribution in [2.45, 2.75) is 0 Å². The SMILES string of the molecule is O=C(O)c1sc2cc(F)sc2c1Br.O=C(O)c1sc2cc(F)sc2c1Cl. The summed E-state index contributed by atoms with van der Waals surface area (Å²) >= 11 is 12.8. The fourth-order valence-corrected chi connectivity index (χ4v) is 7.35. The Morgan fingerprint density at radius 3 is 1.81 bits per heavy atom. The first kappa shape index (κ1) is 19.6. The molecule has 2 N–H and O–H groups in total. The number of carboxylic acids is 2. The minimum Gasteiger partial charge on any atom is -0.477 e. The highest BCUT2D eigenvalue weighted by molar-refractivity contribution is 9.10. The highest BCUT2D eigenvalue weighted by atomic mass is 79.9. The molecule has 0 fully saturated rings. The van der Waals surface area contributed by atoms with Gasteiger partial charge in [-0.2, -0.15) is 8.78 Å². The van der Waals surface area contributed by atoms with E-state index in [2.05, 4.69) is 15.9 Å². The number of hydrogen-bond donors (Lipinski definition) is 2. The summed E-state index contributed by atoms with van der Waals surface area (Å²) in [6.45, 7) is 0. The predicted molar refractivity (Wildman–Crippen MR) is 106 cm³/mol. The van der Waals surface area contributed by atoms with Crippen molar-refractivity contribution in [3.05, 3.63) is 41.6 Å². The van der Waals surface area contributed by atoms with Gasteiger partial charge < -0.3 is 10.2 Å². The first-order chi connectivity index (χ1) is 12.2. The Hall–Kier alpha value is -1.11. The van der Waals surface area contributed by atoms with Gasteiger partial charge in [0.25, 0.3) is 0 Å². The summed E-state index contributed by atoms with van der Waals surface area (Å²) in [5, 5.41) is 16.9. The Morgan fingerprint density at radius 1 is 0.885 bits per heavy atom. The third-order valence-electron chi connectivity index (χ3n) is 2.95. The molecule has 4 aromatic rings. The van der Waals surface area contributed by atoms with E-state index in [1.165, 1.54) is 12.1 Å². The van der Waals surface area contributed by atoms with Gasteiger partial charge in [0.05, 0.1) is 28.3 Å². The van der Waals surface area contributed by atoms with E-state index in [0.717, 1.165) is 45.3 Å². The zero-order valence-electron chi connectivity index (χ0n) is 12.0. The van der Waals surface area contributed by atoms with Crippen molar-refractivity contribution < 1.29 is 28.6 Å². The third-order valence-corrected chi connectivity index (χ3v) is 9.26. The van der Waals surface area contributed by atoms with Crippen LogP contribution in [0.5, 0.6) is 0 Å². The average molecular weight is 518 g/mol. The molecule has 0 amide bonds. The van der Waals surface area contributed by atoms with E-state index in [4.69, 9.17) is 21.8 Å². The number of carbonyl (C=O) groups is 2. The summed E-state index contributed by atoms with van der Waals surface area (Å²) in [6, 6.07) is 2.64. The minimum atomic E-state index is -1.07. The topological polar surface area (TPSA) is 74.6 Å². The third kappa shape index (κ3) is 3.64. The lowest BCUT2D eigenvalue weighted by Crippen LogP contribution is -1.91. The molecule has 0 unspecified atom stereocenters. The fraction of sp³-hybridized carbons (Fsp3) is 0. The number of carboxylic acid groups (broad SMARTS) is 2. The van der Waals surface area contributed by atoms with Gasteiger partial charge in [-0.05, 0) is 15.9 Å². The molecule has 0 spiro atoms. The van der Waals surface area contributed by atoms with Crippen LogP contribution in [0.2, 0.25) is 5.02 Å². The van der Waals surface area contributed by atoms with E-state index in [9.17, 15) is 18.4 Å². The zero-order chi connectivity index (χ0) is 19.2. The molecule has 0 aliphatic heterocycles. The van der Waals surface area contributed by atoms with Gasteiger partial charge in [0, 0.05) is 12.1 Å². The molecule has 0 aliphatic carbocycles. The maximum absolute atomic E-state index is 12.7. The van der Waals surface area contributed by atoms with Crippen LogP contribution in [0.3, 0.4) is 0 Å². The zero-order valence-corrected chi connectivity index (χ0v) is 17.6. The monoisotopic (exact) mass is 516 g/mol. The lowest BCUT2D eigenvalue weighted by molar-refractivity contribution is 0.0691. The van der Waals surface area contributed by atoms with Crippen molar-refractivity contribution >= 4 is 104 Å². The summed E-state index contributed by atoms with van der Waals surface area (Å²) in [5.74, 6) is -2.06. The van der Waals surface area contributed by atoms with Gasteiger partial charge in [0.15, 0.2) is 10.3 Å². The molecule has 0 bridgehead atoms. The molecule has 0 aliphatic rings. The molecule has 0 saturated heterocycles. The van der Waals surface area contributed by atoms with Crippen LogP contribution in [0, 0.1) is 10.3 Å². The molecule has 0 radical (unpaired) electrons. The molecule has 0 saturated carbocycles. The van der Waals surface area contributed by atoms with Crippen molar-refractivity contribution in [3.63, 3.8) is 0 Å². The maximum Gasteiger partial charge on any atom is 0.347 e. The van der Waals surface area contributed by atoms with Crippen molar-refractivity contribution in [3.8, 4) is 0 Å². The molecule has 4 aromatic heterocycles. The molecule has 0 aromatic carbocycles. The molecule has 4 nitrogen and oxygen atoms in total. The normalized spacial score (nSPS) is 10.9. The fourth-order valence-electron chi connectivity index (χ4n) is 1.94. The Balaban J connectivity index is 0.000000151. The van der Waals surface area contributed by atoms with Crippen molar-refractivity contribution in [1.82, 2.24) is 0 Å². The van der Waals surface area contributed by atoms with Gasteiger partial charge in [0.1, 0.15) is 9.75 Å². The van der Waals surface area contributed by atoms with Gasteiger partial charge in [-0.3, -0.25) is 0 Å². The summed E-state index contributed by atoms with van der Waals surface area (Å²) in [4.78, 5) is 21.6. The van der Waals surface area contributed by atoms with E-state index in [0.29, 0.717) is 23.3 Å². The smallest absolute Gasteiger partial charge is 0.347 e. The first-order valence-corrected chi connectivity index (χ1v) is 10.8. The highest BCUT2D eigenvalue weighted by Gasteiger charge is 2.19. The molecule has 12 heteroatoms. The van der Waals surface area contributed by atoms with E-state index < -0.39 is 11.9 Å². The van der Waals surface area contributed by atoms with Gasteiger partial charge in [-0.25, -0.2) is 9.59 Å². The second-order valence-electron chi connectivity index (χ2n) is 4.59. The van der Waals surface area contributed by atoms with Gasteiger partial charge in [-0.15, -0.1) is 45.3 Å². The first-order valence-electron chi connectivity index (χ1n) is 6.40. The van der Waals surface area contributed by atoms with E-state index in [1.54, 1.807) is 0 Å². The lowest BCUT2D eigenvalue weighted by atomic mass is 10.4. The van der Waals surface area contributed by atoms with E-state index >= 15 is 0 Å². The van der Waals surface area contributed by atoms with Crippen LogP contribution < -0.4 is 0 Å². The Labute approximate surface area is 173 Å². The molecule has 0 atom stereocenters. The Morgan fingerprint density at radius 2 is 1.35 bits per heavy atom. The predicted octanol–water partition coefficient (Wildman–Crippen LogP) is 7.02. The molecular weight excluding hydrogens is 514 g/mol. The summed E-state index contributed by atoms with van der Waals surface area (Å²) in [5.41, 5.74) is 0. The maximum atomic E-state index is 12.7. The van der Waals surface area contributed by atoms with Gasteiger partial charge in [0.2, 0.25) is 0 Å². The number of hydrogen-bond acceptors (Lipinski definition) is 6. The second kappa shape index (κ2) is 7.49. The van der Waals surface area contributed by atoms with Crippen molar-refractivity contribution in [2.24, 2.45) is 0 Å². The van der Waals surface area contributed by atoms with Crippen molar-refractivity contribution in [2.75, 3.05) is 0 Å². The molecule has 4 heterocycles. The number of rotatable bonds is 2. The Kier molecular flexibility index (Phi) is 5.66. The van der Waals surface area contributed by atoms with Crippen LogP contribution in [0.15, 0.2) is 16.6 Å². The molecular formula is C14H4BrClF2O4S4. The highest BCUT2D eigenvalue weighted by Crippen LogP contribution is 2.41. The largest absolute Gasteiger partial charge is 0.477 e. The number of halogens is 4.